The summed E-state index contributed by atoms with van der Waals surface area (Å²) < 4.78 is 18.2. The van der Waals surface area contributed by atoms with E-state index in [0.717, 1.165) is 25.7 Å². The zero-order valence-corrected chi connectivity index (χ0v) is 16.5. The highest BCUT2D eigenvalue weighted by molar-refractivity contribution is 6.17. The van der Waals surface area contributed by atoms with Crippen molar-refractivity contribution in [1.29, 1.82) is 0 Å². The molecule has 0 aromatic heterocycles. The second-order valence-corrected chi connectivity index (χ2v) is 9.12. The zero-order valence-electron chi connectivity index (χ0n) is 15.8. The van der Waals surface area contributed by atoms with Crippen LogP contribution in [0.1, 0.15) is 59.3 Å². The van der Waals surface area contributed by atoms with Crippen molar-refractivity contribution in [2.24, 2.45) is 17.8 Å². The second-order valence-electron chi connectivity index (χ2n) is 8.74. The van der Waals surface area contributed by atoms with Crippen LogP contribution in [0.4, 0.5) is 0 Å². The summed E-state index contributed by atoms with van der Waals surface area (Å²) >= 11 is 5.66. The molecule has 2 bridgehead atoms. The molecule has 7 atom stereocenters. The van der Waals surface area contributed by atoms with Crippen molar-refractivity contribution in [1.82, 2.24) is 0 Å². The minimum absolute atomic E-state index is 0.0599. The first-order valence-corrected chi connectivity index (χ1v) is 10.3. The zero-order chi connectivity index (χ0) is 18.6. The van der Waals surface area contributed by atoms with Crippen LogP contribution in [0.25, 0.3) is 0 Å². The third-order valence-electron chi connectivity index (χ3n) is 6.87. The number of alkyl halides is 1. The van der Waals surface area contributed by atoms with Crippen LogP contribution in [0.15, 0.2) is 0 Å². The highest BCUT2D eigenvalue weighted by Crippen LogP contribution is 2.63. The fraction of sp³-hybridized carbons (Fsp3) is 0.947. The van der Waals surface area contributed by atoms with E-state index in [2.05, 4.69) is 6.92 Å². The molecular weight excluding hydrogens is 360 g/mol. The summed E-state index contributed by atoms with van der Waals surface area (Å²) in [6.07, 6.45) is 4.27. The number of hydrogen-bond donors (Lipinski definition) is 0. The van der Waals surface area contributed by atoms with Crippen molar-refractivity contribution in [3.8, 4) is 0 Å². The largest absolute Gasteiger partial charge is 0.463 e. The highest BCUT2D eigenvalue weighted by atomic mass is 35.5. The van der Waals surface area contributed by atoms with E-state index in [9.17, 15) is 4.79 Å². The Hall–Kier alpha value is -0.400. The Morgan fingerprint density at radius 3 is 2.77 bits per heavy atom. The van der Waals surface area contributed by atoms with Gasteiger partial charge in [0.25, 0.3) is 0 Å². The molecule has 26 heavy (non-hydrogen) atoms. The van der Waals surface area contributed by atoms with E-state index in [1.54, 1.807) is 0 Å². The highest BCUT2D eigenvalue weighted by Gasteiger charge is 2.74. The molecule has 1 saturated carbocycles. The Kier molecular flexibility index (Phi) is 4.80. The number of ether oxygens (including phenoxy) is 3. The summed E-state index contributed by atoms with van der Waals surface area (Å²) in [4.78, 5) is 23.8. The van der Waals surface area contributed by atoms with Gasteiger partial charge in [-0.15, -0.1) is 11.6 Å². The smallest absolute Gasteiger partial charge is 0.305 e. The van der Waals surface area contributed by atoms with Crippen LogP contribution in [0.3, 0.4) is 0 Å². The normalized spacial score (nSPS) is 49.5. The molecule has 1 unspecified atom stereocenters. The summed E-state index contributed by atoms with van der Waals surface area (Å²) in [6, 6.07) is 0. The Balaban J connectivity index is 1.58. The van der Waals surface area contributed by atoms with E-state index < -0.39 is 23.3 Å². The lowest BCUT2D eigenvalue weighted by Crippen LogP contribution is -2.62. The van der Waals surface area contributed by atoms with E-state index >= 15 is 0 Å². The van der Waals surface area contributed by atoms with Crippen molar-refractivity contribution in [2.45, 2.75) is 82.6 Å². The molecule has 4 saturated heterocycles. The molecule has 0 aromatic rings. The molecule has 4 heterocycles. The van der Waals surface area contributed by atoms with E-state index in [-0.39, 0.29) is 18.5 Å². The Bertz CT molecular complexity index is 572. The summed E-state index contributed by atoms with van der Waals surface area (Å²) in [5, 5.41) is 0. The third-order valence-corrected chi connectivity index (χ3v) is 7.13. The molecule has 5 rings (SSSR count). The molecule has 0 amide bonds. The third kappa shape index (κ3) is 2.80. The molecule has 6 nitrogen and oxygen atoms in total. The molecule has 5 fully saturated rings. The fourth-order valence-electron chi connectivity index (χ4n) is 5.45. The summed E-state index contributed by atoms with van der Waals surface area (Å²) in [5.74, 6) is 0.316. The number of esters is 1. The van der Waals surface area contributed by atoms with Gasteiger partial charge in [0.05, 0.1) is 0 Å². The lowest BCUT2D eigenvalue weighted by molar-refractivity contribution is -0.541. The van der Waals surface area contributed by atoms with Crippen LogP contribution in [0.2, 0.25) is 0 Å². The van der Waals surface area contributed by atoms with Gasteiger partial charge in [-0.25, -0.2) is 9.78 Å². The Morgan fingerprint density at radius 1 is 1.19 bits per heavy atom. The van der Waals surface area contributed by atoms with Gasteiger partial charge < -0.3 is 14.2 Å². The topological polar surface area (TPSA) is 63.2 Å². The molecular formula is C19H29ClO6. The molecule has 7 heteroatoms. The number of hydrogen-bond acceptors (Lipinski definition) is 6. The van der Waals surface area contributed by atoms with Gasteiger partial charge in [0, 0.05) is 24.6 Å². The van der Waals surface area contributed by atoms with Gasteiger partial charge in [0.2, 0.25) is 5.79 Å². The number of carbonyl (C=O) groups is 1. The lowest BCUT2D eigenvalue weighted by Gasteiger charge is -2.50. The molecule has 5 aliphatic rings. The van der Waals surface area contributed by atoms with Crippen molar-refractivity contribution in [3.05, 3.63) is 0 Å². The van der Waals surface area contributed by atoms with Gasteiger partial charge in [-0.05, 0) is 51.4 Å². The predicted octanol–water partition coefficient (Wildman–Crippen LogP) is 3.55. The summed E-state index contributed by atoms with van der Waals surface area (Å²) in [7, 11) is 0. The van der Waals surface area contributed by atoms with Gasteiger partial charge in [-0.1, -0.05) is 6.92 Å². The summed E-state index contributed by atoms with van der Waals surface area (Å²) in [5.41, 5.74) is -1.27. The standard InChI is InChI=1S/C19H29ClO6/c1-12-6-7-14-17(2,11-22-15(21)5-4-10-20)23-16-19(14)13(12)8-9-18(3,24-16)25-26-19/h12-14,16H,4-11H2,1-3H3/t12-,13+,14?,16-,17-,18-,19-/m1/s1. The molecule has 1 aliphatic carbocycles. The monoisotopic (exact) mass is 388 g/mol. The predicted molar refractivity (Wildman–Crippen MR) is 93.2 cm³/mol. The van der Waals surface area contributed by atoms with Crippen LogP contribution < -0.4 is 0 Å². The average molecular weight is 389 g/mol. The van der Waals surface area contributed by atoms with Gasteiger partial charge >= 0.3 is 5.97 Å². The number of rotatable bonds is 5. The maximum Gasteiger partial charge on any atom is 0.305 e. The van der Waals surface area contributed by atoms with E-state index in [0.29, 0.717) is 30.6 Å². The molecule has 148 valence electrons. The number of carbonyl (C=O) groups excluding carboxylic acids is 1. The molecule has 4 aliphatic heterocycles. The lowest BCUT2D eigenvalue weighted by atomic mass is 9.60. The van der Waals surface area contributed by atoms with Gasteiger partial charge in [0.1, 0.15) is 12.2 Å². The number of halogens is 1. The van der Waals surface area contributed by atoms with Crippen molar-refractivity contribution in [2.75, 3.05) is 12.5 Å². The maximum atomic E-state index is 12.0. The van der Waals surface area contributed by atoms with Crippen molar-refractivity contribution in [3.63, 3.8) is 0 Å². The van der Waals surface area contributed by atoms with Crippen LogP contribution in [0.5, 0.6) is 0 Å². The first-order valence-electron chi connectivity index (χ1n) is 9.77. The average Bonchev–Trinajstić information content (AvgIpc) is 2.70. The molecule has 0 aromatic carbocycles. The van der Waals surface area contributed by atoms with E-state index in [4.69, 9.17) is 35.6 Å². The first-order chi connectivity index (χ1) is 12.3. The van der Waals surface area contributed by atoms with E-state index in [1.807, 2.05) is 13.8 Å². The summed E-state index contributed by atoms with van der Waals surface area (Å²) in [6.45, 7) is 6.38. The molecule has 0 radical (unpaired) electrons. The SMILES string of the molecule is C[C@@H]1CCC2[C@]34OO[C@](C)(CC[C@@H]13)O[C@H]4O[C@]2(C)COC(=O)CCCCl. The molecule has 0 N–H and O–H groups in total. The van der Waals surface area contributed by atoms with Crippen LogP contribution >= 0.6 is 11.6 Å². The number of fused-ring (bicyclic) bond motifs is 2. The first kappa shape index (κ1) is 18.9. The minimum Gasteiger partial charge on any atom is -0.463 e. The van der Waals surface area contributed by atoms with Crippen LogP contribution in [0, 0.1) is 17.8 Å². The quantitative estimate of drug-likeness (QED) is 0.407. The van der Waals surface area contributed by atoms with Crippen molar-refractivity contribution < 1.29 is 28.8 Å². The maximum absolute atomic E-state index is 12.0. The molecule has 1 spiro atoms. The van der Waals surface area contributed by atoms with Crippen molar-refractivity contribution >= 4 is 17.6 Å². The van der Waals surface area contributed by atoms with Crippen LogP contribution in [-0.4, -0.2) is 41.7 Å². The minimum atomic E-state index is -0.778. The van der Waals surface area contributed by atoms with Crippen LogP contribution in [-0.2, 0) is 28.8 Å². The van der Waals surface area contributed by atoms with Gasteiger partial charge in [0.15, 0.2) is 11.9 Å². The van der Waals surface area contributed by atoms with Gasteiger partial charge in [-0.3, -0.25) is 4.79 Å². The fourth-order valence-corrected chi connectivity index (χ4v) is 5.59. The second kappa shape index (κ2) is 6.59. The van der Waals surface area contributed by atoms with Gasteiger partial charge in [-0.2, -0.15) is 0 Å². The Labute approximate surface area is 159 Å². The Morgan fingerprint density at radius 2 is 2.00 bits per heavy atom. The van der Waals surface area contributed by atoms with E-state index in [1.165, 1.54) is 0 Å².